The van der Waals surface area contributed by atoms with Gasteiger partial charge in [0.1, 0.15) is 5.82 Å². The quantitative estimate of drug-likeness (QED) is 0.458. The van der Waals surface area contributed by atoms with Crippen LogP contribution in [0.5, 0.6) is 0 Å². The third-order valence-corrected chi connectivity index (χ3v) is 6.78. The molecule has 1 heterocycles. The Morgan fingerprint density at radius 2 is 1.84 bits per heavy atom. The largest absolute Gasteiger partial charge is 0.325 e. The summed E-state index contributed by atoms with van der Waals surface area (Å²) in [5.41, 5.74) is 4.39. The molecule has 31 heavy (non-hydrogen) atoms. The second-order valence-corrected chi connectivity index (χ2v) is 9.94. The van der Waals surface area contributed by atoms with Crippen molar-refractivity contribution in [2.45, 2.75) is 69.3 Å². The van der Waals surface area contributed by atoms with Crippen LogP contribution in [0.3, 0.4) is 0 Å². The summed E-state index contributed by atoms with van der Waals surface area (Å²) in [5.74, 6) is 1.87. The molecule has 0 bridgehead atoms. The summed E-state index contributed by atoms with van der Waals surface area (Å²) in [6, 6.07) is 16.5. The Hall–Kier alpha value is -2.60. The predicted molar refractivity (Wildman–Crippen MR) is 127 cm³/mol. The molecular weight excluding hydrogens is 404 g/mol. The number of hydrogen-bond donors (Lipinski definition) is 1. The maximum Gasteiger partial charge on any atom is 0.237 e. The fraction of sp³-hybridized carbons (Fsp3) is 0.400. The van der Waals surface area contributed by atoms with Crippen LogP contribution in [0.2, 0.25) is 0 Å². The fourth-order valence-corrected chi connectivity index (χ4v) is 4.58. The van der Waals surface area contributed by atoms with Crippen molar-refractivity contribution in [1.29, 1.82) is 0 Å². The van der Waals surface area contributed by atoms with Crippen molar-refractivity contribution in [3.05, 3.63) is 71.0 Å². The lowest BCUT2D eigenvalue weighted by molar-refractivity contribution is -0.115. The van der Waals surface area contributed by atoms with Gasteiger partial charge in [-0.1, -0.05) is 74.1 Å². The number of hydrogen-bond acceptors (Lipinski definition) is 4. The van der Waals surface area contributed by atoms with Crippen LogP contribution in [-0.2, 0) is 11.3 Å². The maximum absolute atomic E-state index is 13.1. The number of benzene rings is 2. The van der Waals surface area contributed by atoms with Gasteiger partial charge in [0.05, 0.1) is 11.8 Å². The summed E-state index contributed by atoms with van der Waals surface area (Å²) < 4.78 is 2.19. The first kappa shape index (κ1) is 21.6. The number of thioether (sulfide) groups is 1. The van der Waals surface area contributed by atoms with Gasteiger partial charge in [-0.25, -0.2) is 0 Å². The van der Waals surface area contributed by atoms with Gasteiger partial charge < -0.3 is 9.88 Å². The molecule has 3 aromatic rings. The van der Waals surface area contributed by atoms with E-state index in [0.29, 0.717) is 11.8 Å². The van der Waals surface area contributed by atoms with Gasteiger partial charge in [0.2, 0.25) is 5.91 Å². The van der Waals surface area contributed by atoms with Crippen molar-refractivity contribution in [2.24, 2.45) is 0 Å². The summed E-state index contributed by atoms with van der Waals surface area (Å²) in [5, 5.41) is 12.6. The van der Waals surface area contributed by atoms with E-state index in [4.69, 9.17) is 0 Å². The highest BCUT2D eigenvalue weighted by Crippen LogP contribution is 2.40. The second kappa shape index (κ2) is 9.27. The van der Waals surface area contributed by atoms with Gasteiger partial charge in [-0.3, -0.25) is 4.79 Å². The van der Waals surface area contributed by atoms with Crippen molar-refractivity contribution in [1.82, 2.24) is 14.8 Å². The number of nitrogens with zero attached hydrogens (tertiary/aromatic N) is 3. The molecule has 1 aliphatic rings. The molecule has 0 saturated heterocycles. The Kier molecular flexibility index (Phi) is 6.46. The number of amides is 1. The molecule has 162 valence electrons. The number of para-hydroxylation sites is 1. The number of aromatic nitrogens is 3. The minimum absolute atomic E-state index is 0.0107. The molecule has 1 aliphatic carbocycles. The second-order valence-electron chi connectivity index (χ2n) is 8.63. The van der Waals surface area contributed by atoms with E-state index < -0.39 is 0 Å². The monoisotopic (exact) mass is 434 g/mol. The molecule has 1 fully saturated rings. The highest BCUT2D eigenvalue weighted by atomic mass is 32.2. The van der Waals surface area contributed by atoms with Crippen LogP contribution in [0.15, 0.2) is 53.7 Å². The molecule has 1 aromatic heterocycles. The highest BCUT2D eigenvalue weighted by molar-refractivity contribution is 8.00. The van der Waals surface area contributed by atoms with Crippen LogP contribution in [0.25, 0.3) is 0 Å². The Bertz CT molecular complexity index is 1060. The summed E-state index contributed by atoms with van der Waals surface area (Å²) in [4.78, 5) is 13.1. The van der Waals surface area contributed by atoms with Gasteiger partial charge in [-0.05, 0) is 49.3 Å². The van der Waals surface area contributed by atoms with Crippen LogP contribution in [-0.4, -0.2) is 25.9 Å². The van der Waals surface area contributed by atoms with Gasteiger partial charge in [0.25, 0.3) is 0 Å². The molecule has 1 saturated carbocycles. The molecule has 2 aromatic carbocycles. The van der Waals surface area contributed by atoms with Crippen molar-refractivity contribution >= 4 is 23.4 Å². The number of anilines is 1. The first-order valence-electron chi connectivity index (χ1n) is 11.0. The lowest BCUT2D eigenvalue weighted by Crippen LogP contribution is -2.24. The van der Waals surface area contributed by atoms with E-state index in [1.165, 1.54) is 30.2 Å². The van der Waals surface area contributed by atoms with Crippen LogP contribution in [0.4, 0.5) is 5.69 Å². The topological polar surface area (TPSA) is 59.8 Å². The van der Waals surface area contributed by atoms with Gasteiger partial charge in [0, 0.05) is 11.6 Å². The lowest BCUT2D eigenvalue weighted by atomic mass is 9.98. The van der Waals surface area contributed by atoms with E-state index in [-0.39, 0.29) is 11.2 Å². The molecule has 1 amide bonds. The SMILES string of the molecule is Cc1cccc(C(C)C)c1NC(=O)C(C)Sc1nnc(C2CC2)n1Cc1ccccc1. The van der Waals surface area contributed by atoms with Crippen molar-refractivity contribution in [2.75, 3.05) is 5.32 Å². The third-order valence-electron chi connectivity index (χ3n) is 5.70. The summed E-state index contributed by atoms with van der Waals surface area (Å²) >= 11 is 1.48. The Morgan fingerprint density at radius 1 is 1.10 bits per heavy atom. The number of nitrogens with one attached hydrogen (secondary N) is 1. The van der Waals surface area contributed by atoms with Gasteiger partial charge in [-0.15, -0.1) is 10.2 Å². The first-order valence-corrected chi connectivity index (χ1v) is 11.9. The molecule has 1 N–H and O–H groups in total. The molecule has 0 radical (unpaired) electrons. The van der Waals surface area contributed by atoms with Crippen LogP contribution >= 0.6 is 11.8 Å². The molecule has 0 aliphatic heterocycles. The molecule has 5 nitrogen and oxygen atoms in total. The van der Waals surface area contributed by atoms with E-state index in [1.807, 2.05) is 44.2 Å². The fourth-order valence-electron chi connectivity index (χ4n) is 3.72. The number of carbonyl (C=O) groups is 1. The minimum Gasteiger partial charge on any atom is -0.325 e. The zero-order valence-electron chi connectivity index (χ0n) is 18.6. The Morgan fingerprint density at radius 3 is 2.52 bits per heavy atom. The van der Waals surface area contributed by atoms with E-state index in [1.54, 1.807) is 0 Å². The normalized spacial score (nSPS) is 14.6. The van der Waals surface area contributed by atoms with Gasteiger partial charge in [0.15, 0.2) is 5.16 Å². The molecule has 0 spiro atoms. The van der Waals surface area contributed by atoms with E-state index >= 15 is 0 Å². The van der Waals surface area contributed by atoms with Gasteiger partial charge in [-0.2, -0.15) is 0 Å². The summed E-state index contributed by atoms with van der Waals surface area (Å²) in [7, 11) is 0. The maximum atomic E-state index is 13.1. The van der Waals surface area contributed by atoms with Crippen molar-refractivity contribution < 1.29 is 4.79 Å². The third kappa shape index (κ3) is 5.01. The molecule has 6 heteroatoms. The average molecular weight is 435 g/mol. The van der Waals surface area contributed by atoms with Crippen LogP contribution < -0.4 is 5.32 Å². The Balaban J connectivity index is 1.52. The Labute approximate surface area is 188 Å². The molecule has 1 unspecified atom stereocenters. The van der Waals surface area contributed by atoms with Gasteiger partial charge >= 0.3 is 0 Å². The van der Waals surface area contributed by atoms with Crippen molar-refractivity contribution in [3.63, 3.8) is 0 Å². The van der Waals surface area contributed by atoms with Crippen LogP contribution in [0, 0.1) is 6.92 Å². The standard InChI is InChI=1S/C25H30N4OS/c1-16(2)21-12-8-9-17(3)22(21)26-24(30)18(4)31-25-28-27-23(20-13-14-20)29(25)15-19-10-6-5-7-11-19/h5-12,16,18,20H,13-15H2,1-4H3,(H,26,30). The zero-order valence-corrected chi connectivity index (χ0v) is 19.4. The smallest absolute Gasteiger partial charge is 0.237 e. The number of rotatable bonds is 8. The van der Waals surface area contributed by atoms with E-state index in [9.17, 15) is 4.79 Å². The summed E-state index contributed by atoms with van der Waals surface area (Å²) in [6.07, 6.45) is 2.33. The number of aryl methyl sites for hydroxylation is 1. The summed E-state index contributed by atoms with van der Waals surface area (Å²) in [6.45, 7) is 9.00. The van der Waals surface area contributed by atoms with E-state index in [0.717, 1.165) is 34.3 Å². The predicted octanol–water partition coefficient (Wildman–Crippen LogP) is 5.75. The molecular formula is C25H30N4OS. The van der Waals surface area contributed by atoms with Crippen molar-refractivity contribution in [3.8, 4) is 0 Å². The lowest BCUT2D eigenvalue weighted by Gasteiger charge is -2.19. The average Bonchev–Trinajstić information content (AvgIpc) is 3.53. The molecule has 4 rings (SSSR count). The minimum atomic E-state index is -0.287. The first-order chi connectivity index (χ1) is 14.9. The van der Waals surface area contributed by atoms with E-state index in [2.05, 4.69) is 52.1 Å². The highest BCUT2D eigenvalue weighted by Gasteiger charge is 2.31. The number of carbonyl (C=O) groups excluding carboxylic acids is 1. The zero-order chi connectivity index (χ0) is 22.0. The van der Waals surface area contributed by atoms with Crippen LogP contribution in [0.1, 0.15) is 68.0 Å². The molecule has 1 atom stereocenters.